The number of hydrogen-bond donors (Lipinski definition) is 1. The van der Waals surface area contributed by atoms with E-state index in [0.29, 0.717) is 38.5 Å². The maximum Gasteiger partial charge on any atom is 0.238 e. The Labute approximate surface area is 258 Å². The summed E-state index contributed by atoms with van der Waals surface area (Å²) in [6.07, 6.45) is 3.60. The zero-order chi connectivity index (χ0) is 30.9. The molecule has 0 radical (unpaired) electrons. The van der Waals surface area contributed by atoms with Gasteiger partial charge < -0.3 is 5.11 Å². The molecule has 2 amide bonds. The van der Waals surface area contributed by atoms with Crippen molar-refractivity contribution >= 4 is 46.5 Å². The zero-order valence-corrected chi connectivity index (χ0v) is 24.4. The molecule has 3 aromatic rings. The smallest absolute Gasteiger partial charge is 0.238 e. The Morgan fingerprint density at radius 1 is 0.886 bits per heavy atom. The Morgan fingerprint density at radius 2 is 1.59 bits per heavy atom. The largest absolute Gasteiger partial charge is 0.508 e. The lowest BCUT2D eigenvalue weighted by Gasteiger charge is -2.42. The number of benzene rings is 3. The van der Waals surface area contributed by atoms with E-state index in [4.69, 9.17) is 11.6 Å². The molecule has 7 nitrogen and oxygen atoms in total. The Hall–Kier alpha value is -4.88. The van der Waals surface area contributed by atoms with Crippen LogP contribution in [0.25, 0.3) is 0 Å². The van der Waals surface area contributed by atoms with Gasteiger partial charge in [-0.05, 0) is 74.2 Å². The normalized spacial score (nSPS) is 24.5. The van der Waals surface area contributed by atoms with Crippen LogP contribution in [0.5, 0.6) is 5.75 Å². The number of hydrogen-bond acceptors (Lipinski definition) is 6. The molecule has 0 aromatic heterocycles. The average Bonchev–Trinajstić information content (AvgIpc) is 3.29. The van der Waals surface area contributed by atoms with Gasteiger partial charge in [-0.2, -0.15) is 0 Å². The van der Waals surface area contributed by atoms with Gasteiger partial charge in [-0.15, -0.1) is 0 Å². The Morgan fingerprint density at radius 3 is 2.32 bits per heavy atom. The molecule has 3 aliphatic carbocycles. The molecule has 4 atom stereocenters. The van der Waals surface area contributed by atoms with Gasteiger partial charge in [0.25, 0.3) is 0 Å². The fourth-order valence-corrected chi connectivity index (χ4v) is 7.45. The second-order valence-electron chi connectivity index (χ2n) is 11.7. The minimum atomic E-state index is -0.788. The number of Topliss-reactive ketones (excluding diaryl/α,β-unsaturated/α-hetero) is 1. The van der Waals surface area contributed by atoms with Gasteiger partial charge in [0, 0.05) is 44.4 Å². The van der Waals surface area contributed by atoms with Gasteiger partial charge in [-0.25, -0.2) is 0 Å². The number of ketones is 3. The second kappa shape index (κ2) is 10.4. The van der Waals surface area contributed by atoms with Gasteiger partial charge in [0.15, 0.2) is 17.3 Å². The van der Waals surface area contributed by atoms with Crippen LogP contribution in [0.3, 0.4) is 0 Å². The van der Waals surface area contributed by atoms with Gasteiger partial charge in [0.2, 0.25) is 11.8 Å². The molecule has 8 heteroatoms. The van der Waals surface area contributed by atoms with Crippen LogP contribution in [0.2, 0.25) is 5.02 Å². The Balaban J connectivity index is 1.27. The van der Waals surface area contributed by atoms with Gasteiger partial charge in [-0.3, -0.25) is 28.9 Å². The molecule has 0 saturated carbocycles. The van der Waals surface area contributed by atoms with Crippen LogP contribution in [0.1, 0.15) is 47.2 Å². The lowest BCUT2D eigenvalue weighted by molar-refractivity contribution is -0.123. The molecule has 1 heterocycles. The highest BCUT2D eigenvalue weighted by Gasteiger charge is 2.56. The standard InChI is InChI=1S/C36H26ClNO6/c1-18-15-29(40)32-27(33(18)41)17-25-23(30(32)26-16-21(37)9-14-28(26)39)12-13-24-31(25)36(44)38(35(24)43)22-10-7-20(8-11-22)34(42)19-5-3-2-4-6-19/h2-12,14-16,24-25,30-31,39H,13,17H2,1H3/t24-,25+,30+,31-/m0/s1. The second-order valence-corrected chi connectivity index (χ2v) is 12.1. The number of phenols is 1. The quantitative estimate of drug-likeness (QED) is 0.172. The SMILES string of the molecule is CC1=CC(=O)C2=C(C[C@@H]3C(=CC[C@@H]4C(=O)N(c5ccc(C(=O)c6ccccc6)cc5)C(=O)[C@@H]43)[C@@H]2c2cc(Cl)ccc2O)C1=O. The number of nitrogens with zero attached hydrogens (tertiary/aromatic N) is 1. The third-order valence-electron chi connectivity index (χ3n) is 9.29. The van der Waals surface area contributed by atoms with Gasteiger partial charge in [-0.1, -0.05) is 53.6 Å². The van der Waals surface area contributed by atoms with E-state index in [2.05, 4.69) is 0 Å². The lowest BCUT2D eigenvalue weighted by atomic mass is 9.59. The fourth-order valence-electron chi connectivity index (χ4n) is 7.27. The number of carbonyl (C=O) groups excluding carboxylic acids is 5. The summed E-state index contributed by atoms with van der Waals surface area (Å²) in [5, 5.41) is 11.3. The summed E-state index contributed by atoms with van der Waals surface area (Å²) in [4.78, 5) is 68.9. The van der Waals surface area contributed by atoms with Crippen molar-refractivity contribution in [3.05, 3.63) is 129 Å². The first kappa shape index (κ1) is 27.9. The zero-order valence-electron chi connectivity index (χ0n) is 23.6. The monoisotopic (exact) mass is 603 g/mol. The van der Waals surface area contributed by atoms with Crippen LogP contribution in [-0.2, 0) is 19.2 Å². The summed E-state index contributed by atoms with van der Waals surface area (Å²) < 4.78 is 0. The molecule has 0 bridgehead atoms. The van der Waals surface area contributed by atoms with Gasteiger partial charge >= 0.3 is 0 Å². The first-order valence-corrected chi connectivity index (χ1v) is 14.8. The third-order valence-corrected chi connectivity index (χ3v) is 9.52. The van der Waals surface area contributed by atoms with Crippen LogP contribution >= 0.6 is 11.6 Å². The minimum absolute atomic E-state index is 0.0814. The highest BCUT2D eigenvalue weighted by Crippen LogP contribution is 2.56. The number of aromatic hydroxyl groups is 1. The molecule has 3 aromatic carbocycles. The molecule has 4 aliphatic rings. The summed E-state index contributed by atoms with van der Waals surface area (Å²) in [7, 11) is 0. The first-order chi connectivity index (χ1) is 21.2. The fraction of sp³-hybridized carbons (Fsp3) is 0.194. The van der Waals surface area contributed by atoms with E-state index < -0.39 is 29.6 Å². The number of halogens is 1. The number of rotatable bonds is 4. The van der Waals surface area contributed by atoms with Crippen molar-refractivity contribution in [3.63, 3.8) is 0 Å². The summed E-state index contributed by atoms with van der Waals surface area (Å²) in [6.45, 7) is 1.59. The number of anilines is 1. The summed E-state index contributed by atoms with van der Waals surface area (Å²) in [6, 6.07) is 19.8. The summed E-state index contributed by atoms with van der Waals surface area (Å²) in [5.74, 6) is -4.33. The molecule has 1 aliphatic heterocycles. The van der Waals surface area contributed by atoms with E-state index in [1.54, 1.807) is 61.5 Å². The maximum atomic E-state index is 14.1. The molecule has 1 fully saturated rings. The molecule has 218 valence electrons. The van der Waals surface area contributed by atoms with Gasteiger partial charge in [0.05, 0.1) is 17.5 Å². The first-order valence-electron chi connectivity index (χ1n) is 14.4. The molecule has 7 rings (SSSR count). The predicted molar refractivity (Wildman–Crippen MR) is 163 cm³/mol. The van der Waals surface area contributed by atoms with Crippen LogP contribution in [-0.4, -0.2) is 34.3 Å². The lowest BCUT2D eigenvalue weighted by Crippen LogP contribution is -2.39. The van der Waals surface area contributed by atoms with Crippen molar-refractivity contribution in [3.8, 4) is 5.75 Å². The highest BCUT2D eigenvalue weighted by atomic mass is 35.5. The van der Waals surface area contributed by atoms with E-state index in [9.17, 15) is 29.1 Å². The van der Waals surface area contributed by atoms with Crippen molar-refractivity contribution in [1.29, 1.82) is 0 Å². The highest BCUT2D eigenvalue weighted by molar-refractivity contribution is 6.30. The van der Waals surface area contributed by atoms with Crippen LogP contribution in [0.15, 0.2) is 107 Å². The summed E-state index contributed by atoms with van der Waals surface area (Å²) in [5.41, 5.74) is 3.33. The predicted octanol–water partition coefficient (Wildman–Crippen LogP) is 5.91. The Kier molecular flexibility index (Phi) is 6.59. The number of imide groups is 1. The third kappa shape index (κ3) is 4.22. The number of carbonyl (C=O) groups is 5. The van der Waals surface area contributed by atoms with Crippen LogP contribution < -0.4 is 4.90 Å². The van der Waals surface area contributed by atoms with E-state index in [0.717, 1.165) is 5.57 Å². The molecule has 1 saturated heterocycles. The minimum Gasteiger partial charge on any atom is -0.508 e. The van der Waals surface area contributed by atoms with Crippen molar-refractivity contribution in [2.45, 2.75) is 25.7 Å². The van der Waals surface area contributed by atoms with E-state index in [1.807, 2.05) is 12.1 Å². The van der Waals surface area contributed by atoms with Crippen LogP contribution in [0, 0.1) is 17.8 Å². The molecule has 0 unspecified atom stereocenters. The molecular weight excluding hydrogens is 578 g/mol. The maximum absolute atomic E-state index is 14.1. The van der Waals surface area contributed by atoms with E-state index in [-0.39, 0.29) is 47.4 Å². The topological polar surface area (TPSA) is 109 Å². The average molecular weight is 604 g/mol. The molecule has 44 heavy (non-hydrogen) atoms. The Bertz CT molecular complexity index is 1900. The molecule has 1 N–H and O–H groups in total. The number of allylic oxidation sites excluding steroid dienone is 6. The van der Waals surface area contributed by atoms with Crippen molar-refractivity contribution < 1.29 is 29.1 Å². The van der Waals surface area contributed by atoms with Crippen molar-refractivity contribution in [2.75, 3.05) is 4.90 Å². The molecule has 0 spiro atoms. The van der Waals surface area contributed by atoms with Crippen molar-refractivity contribution in [1.82, 2.24) is 0 Å². The van der Waals surface area contributed by atoms with Crippen molar-refractivity contribution in [2.24, 2.45) is 17.8 Å². The number of phenolic OH excluding ortho intramolecular Hbond substituents is 1. The van der Waals surface area contributed by atoms with Gasteiger partial charge in [0.1, 0.15) is 5.75 Å². The number of amides is 2. The van der Waals surface area contributed by atoms with E-state index >= 15 is 0 Å². The van der Waals surface area contributed by atoms with E-state index in [1.165, 1.54) is 23.1 Å². The number of fused-ring (bicyclic) bond motifs is 3. The molecular formula is C36H26ClNO6. The summed E-state index contributed by atoms with van der Waals surface area (Å²) >= 11 is 6.32. The van der Waals surface area contributed by atoms with Crippen LogP contribution in [0.4, 0.5) is 5.69 Å².